The normalized spacial score (nSPS) is 15.9. The highest BCUT2D eigenvalue weighted by atomic mass is 16.1. The molecule has 1 amide bonds. The molecule has 0 spiro atoms. The summed E-state index contributed by atoms with van der Waals surface area (Å²) in [6, 6.07) is 3.60. The van der Waals surface area contributed by atoms with Crippen molar-refractivity contribution in [2.24, 2.45) is 0 Å². The summed E-state index contributed by atoms with van der Waals surface area (Å²) >= 11 is 0. The molecular weight excluding hydrogens is 252 g/mol. The van der Waals surface area contributed by atoms with E-state index < -0.39 is 0 Å². The minimum absolute atomic E-state index is 0.0241. The maximum absolute atomic E-state index is 12.1. The number of carbonyl (C=O) groups excluding carboxylic acids is 1. The molecule has 1 aliphatic rings. The number of carbonyl (C=O) groups is 1. The lowest BCUT2D eigenvalue weighted by molar-refractivity contribution is 0.0946. The monoisotopic (exact) mass is 276 g/mol. The van der Waals surface area contributed by atoms with Crippen LogP contribution in [0, 0.1) is 6.92 Å². The summed E-state index contributed by atoms with van der Waals surface area (Å²) in [7, 11) is 1.81. The van der Waals surface area contributed by atoms with Gasteiger partial charge < -0.3 is 15.5 Å². The van der Waals surface area contributed by atoms with Gasteiger partial charge in [-0.1, -0.05) is 6.42 Å². The molecule has 1 aromatic heterocycles. The lowest BCUT2D eigenvalue weighted by Gasteiger charge is -2.26. The number of hydrogen-bond donors (Lipinski definition) is 2. The Morgan fingerprint density at radius 1 is 1.30 bits per heavy atom. The van der Waals surface area contributed by atoms with Gasteiger partial charge in [0.25, 0.3) is 5.91 Å². The first kappa shape index (κ1) is 14.8. The number of anilines is 1. The van der Waals surface area contributed by atoms with Gasteiger partial charge in [0.2, 0.25) is 0 Å². The highest BCUT2D eigenvalue weighted by Crippen LogP contribution is 2.10. The molecule has 1 aromatic rings. The highest BCUT2D eigenvalue weighted by Gasteiger charge is 2.11. The Balaban J connectivity index is 1.83. The molecule has 0 radical (unpaired) electrons. The number of nitrogens with zero attached hydrogens (tertiary/aromatic N) is 2. The van der Waals surface area contributed by atoms with Gasteiger partial charge in [0, 0.05) is 31.4 Å². The number of rotatable bonds is 5. The van der Waals surface area contributed by atoms with E-state index in [1.165, 1.54) is 19.3 Å². The van der Waals surface area contributed by atoms with E-state index in [-0.39, 0.29) is 5.91 Å². The molecule has 1 aliphatic heterocycles. The van der Waals surface area contributed by atoms with Crippen molar-refractivity contribution >= 4 is 11.7 Å². The first-order valence-electron chi connectivity index (χ1n) is 7.36. The van der Waals surface area contributed by atoms with Gasteiger partial charge in [-0.25, -0.2) is 4.98 Å². The molecule has 2 rings (SSSR count). The summed E-state index contributed by atoms with van der Waals surface area (Å²) < 4.78 is 0. The van der Waals surface area contributed by atoms with Crippen molar-refractivity contribution in [3.8, 4) is 0 Å². The summed E-state index contributed by atoms with van der Waals surface area (Å²) in [6.45, 7) is 5.86. The third-order valence-corrected chi connectivity index (χ3v) is 3.63. The Morgan fingerprint density at radius 2 is 2.05 bits per heavy atom. The Labute approximate surface area is 120 Å². The number of likely N-dealkylation sites (tertiary alicyclic amines) is 1. The zero-order chi connectivity index (χ0) is 14.4. The van der Waals surface area contributed by atoms with E-state index in [0.717, 1.165) is 31.1 Å². The zero-order valence-electron chi connectivity index (χ0n) is 12.4. The maximum atomic E-state index is 12.1. The summed E-state index contributed by atoms with van der Waals surface area (Å²) in [5, 5.41) is 5.96. The average Bonchev–Trinajstić information content (AvgIpc) is 2.47. The standard InChI is InChI=1S/C15H24N4O/c1-12-10-13(11-14(16-2)18-12)15(20)17-6-9-19-7-4-3-5-8-19/h10-11H,3-9H2,1-2H3,(H,16,18)(H,17,20). The molecule has 0 bridgehead atoms. The van der Waals surface area contributed by atoms with E-state index in [2.05, 4.69) is 20.5 Å². The van der Waals surface area contributed by atoms with Crippen LogP contribution in [0.4, 0.5) is 5.82 Å². The Bertz CT molecular complexity index is 455. The van der Waals surface area contributed by atoms with Gasteiger partial charge >= 0.3 is 0 Å². The highest BCUT2D eigenvalue weighted by molar-refractivity contribution is 5.94. The van der Waals surface area contributed by atoms with Gasteiger partial charge in [-0.2, -0.15) is 0 Å². The van der Waals surface area contributed by atoms with Crippen LogP contribution in [0.15, 0.2) is 12.1 Å². The third kappa shape index (κ3) is 4.20. The van der Waals surface area contributed by atoms with Gasteiger partial charge in [-0.3, -0.25) is 4.79 Å². The molecule has 110 valence electrons. The van der Waals surface area contributed by atoms with E-state index >= 15 is 0 Å². The second-order valence-electron chi connectivity index (χ2n) is 5.29. The van der Waals surface area contributed by atoms with Crippen molar-refractivity contribution in [2.75, 3.05) is 38.5 Å². The summed E-state index contributed by atoms with van der Waals surface area (Å²) in [5.41, 5.74) is 1.51. The number of aromatic nitrogens is 1. The van der Waals surface area contributed by atoms with Gasteiger partial charge in [0.1, 0.15) is 5.82 Å². The molecule has 1 fully saturated rings. The van der Waals surface area contributed by atoms with Crippen LogP contribution in [0.3, 0.4) is 0 Å². The number of hydrogen-bond acceptors (Lipinski definition) is 4. The minimum atomic E-state index is -0.0241. The Hall–Kier alpha value is -1.62. The van der Waals surface area contributed by atoms with E-state index in [0.29, 0.717) is 12.1 Å². The molecular formula is C15H24N4O. The van der Waals surface area contributed by atoms with Crippen molar-refractivity contribution in [1.82, 2.24) is 15.2 Å². The molecule has 0 saturated carbocycles. The zero-order valence-corrected chi connectivity index (χ0v) is 12.4. The number of pyridine rings is 1. The van der Waals surface area contributed by atoms with Crippen molar-refractivity contribution in [2.45, 2.75) is 26.2 Å². The first-order valence-corrected chi connectivity index (χ1v) is 7.36. The fourth-order valence-corrected chi connectivity index (χ4v) is 2.54. The first-order chi connectivity index (χ1) is 9.69. The molecule has 0 aromatic carbocycles. The third-order valence-electron chi connectivity index (χ3n) is 3.63. The van der Waals surface area contributed by atoms with E-state index in [1.807, 2.05) is 13.0 Å². The molecule has 20 heavy (non-hydrogen) atoms. The van der Waals surface area contributed by atoms with E-state index in [1.54, 1.807) is 13.1 Å². The smallest absolute Gasteiger partial charge is 0.251 e. The second-order valence-corrected chi connectivity index (χ2v) is 5.29. The maximum Gasteiger partial charge on any atom is 0.251 e. The molecule has 1 saturated heterocycles. The number of amides is 1. The number of aryl methyl sites for hydroxylation is 1. The molecule has 5 heteroatoms. The van der Waals surface area contributed by atoms with Crippen molar-refractivity contribution in [1.29, 1.82) is 0 Å². The predicted molar refractivity (Wildman–Crippen MR) is 81.1 cm³/mol. The van der Waals surface area contributed by atoms with Crippen LogP contribution in [0.1, 0.15) is 35.3 Å². The second kappa shape index (κ2) is 7.24. The quantitative estimate of drug-likeness (QED) is 0.858. The van der Waals surface area contributed by atoms with Crippen LogP contribution in [0.2, 0.25) is 0 Å². The van der Waals surface area contributed by atoms with Gasteiger partial charge in [0.15, 0.2) is 0 Å². The van der Waals surface area contributed by atoms with Crippen LogP contribution in [-0.2, 0) is 0 Å². The fourth-order valence-electron chi connectivity index (χ4n) is 2.54. The van der Waals surface area contributed by atoms with E-state index in [4.69, 9.17) is 0 Å². The van der Waals surface area contributed by atoms with Crippen LogP contribution in [0.5, 0.6) is 0 Å². The Kier molecular flexibility index (Phi) is 5.35. The summed E-state index contributed by atoms with van der Waals surface area (Å²) in [5.74, 6) is 0.704. The summed E-state index contributed by atoms with van der Waals surface area (Å²) in [4.78, 5) is 18.8. The SMILES string of the molecule is CNc1cc(C(=O)NCCN2CCCCC2)cc(C)n1. The Morgan fingerprint density at radius 3 is 2.75 bits per heavy atom. The van der Waals surface area contributed by atoms with Gasteiger partial charge in [-0.05, 0) is 45.0 Å². The molecule has 2 heterocycles. The van der Waals surface area contributed by atoms with E-state index in [9.17, 15) is 4.79 Å². The predicted octanol–water partition coefficient (Wildman–Crippen LogP) is 1.65. The van der Waals surface area contributed by atoms with Gasteiger partial charge in [0.05, 0.1) is 0 Å². The summed E-state index contributed by atoms with van der Waals surface area (Å²) in [6.07, 6.45) is 3.90. The molecule has 2 N–H and O–H groups in total. The largest absolute Gasteiger partial charge is 0.373 e. The minimum Gasteiger partial charge on any atom is -0.373 e. The molecule has 0 aliphatic carbocycles. The molecule has 0 unspecified atom stereocenters. The topological polar surface area (TPSA) is 57.3 Å². The molecule has 5 nitrogen and oxygen atoms in total. The van der Waals surface area contributed by atoms with Crippen LogP contribution in [0.25, 0.3) is 0 Å². The van der Waals surface area contributed by atoms with Crippen molar-refractivity contribution in [3.05, 3.63) is 23.4 Å². The lowest BCUT2D eigenvalue weighted by Crippen LogP contribution is -2.37. The van der Waals surface area contributed by atoms with Crippen LogP contribution in [-0.4, -0.2) is 49.0 Å². The van der Waals surface area contributed by atoms with Gasteiger partial charge in [-0.15, -0.1) is 0 Å². The van der Waals surface area contributed by atoms with Crippen molar-refractivity contribution in [3.63, 3.8) is 0 Å². The lowest BCUT2D eigenvalue weighted by atomic mass is 10.1. The van der Waals surface area contributed by atoms with Crippen LogP contribution >= 0.6 is 0 Å². The number of nitrogens with one attached hydrogen (secondary N) is 2. The van der Waals surface area contributed by atoms with Crippen molar-refractivity contribution < 1.29 is 4.79 Å². The number of piperidine rings is 1. The molecule has 0 atom stereocenters. The van der Waals surface area contributed by atoms with Crippen LogP contribution < -0.4 is 10.6 Å². The average molecular weight is 276 g/mol. The fraction of sp³-hybridized carbons (Fsp3) is 0.600.